The number of nitrogens with zero attached hydrogens (tertiary/aromatic N) is 4. The molecule has 0 unspecified atom stereocenters. The van der Waals surface area contributed by atoms with Gasteiger partial charge in [0.25, 0.3) is 0 Å². The molecule has 0 fully saturated rings. The van der Waals surface area contributed by atoms with E-state index in [0.29, 0.717) is 5.89 Å². The molecule has 4 rings (SSSR count). The van der Waals surface area contributed by atoms with Crippen LogP contribution in [-0.4, -0.2) is 19.7 Å². The number of hydrogen-bond donors (Lipinski definition) is 0. The average molecular weight is 318 g/mol. The fourth-order valence-electron chi connectivity index (χ4n) is 2.29. The molecule has 0 saturated carbocycles. The van der Waals surface area contributed by atoms with E-state index in [0.717, 1.165) is 22.8 Å². The molecule has 118 valence electrons. The zero-order chi connectivity index (χ0) is 16.2. The van der Waals surface area contributed by atoms with Gasteiger partial charge in [-0.1, -0.05) is 30.3 Å². The Kier molecular flexibility index (Phi) is 3.77. The second-order valence-corrected chi connectivity index (χ2v) is 5.11. The highest BCUT2D eigenvalue weighted by atomic mass is 16.5. The summed E-state index contributed by atoms with van der Waals surface area (Å²) in [7, 11) is 0. The highest BCUT2D eigenvalue weighted by Crippen LogP contribution is 2.21. The van der Waals surface area contributed by atoms with Gasteiger partial charge in [-0.25, -0.2) is 14.6 Å². The fourth-order valence-corrected chi connectivity index (χ4v) is 2.29. The van der Waals surface area contributed by atoms with Crippen LogP contribution >= 0.6 is 0 Å². The molecule has 2 aromatic carbocycles. The first-order valence-electron chi connectivity index (χ1n) is 7.46. The van der Waals surface area contributed by atoms with E-state index in [4.69, 9.17) is 9.15 Å². The smallest absolute Gasteiger partial charge is 0.232 e. The zero-order valence-corrected chi connectivity index (χ0v) is 12.7. The molecule has 0 aliphatic carbocycles. The quantitative estimate of drug-likeness (QED) is 0.563. The number of hydrogen-bond acceptors (Lipinski definition) is 5. The van der Waals surface area contributed by atoms with Crippen LogP contribution in [0.3, 0.4) is 0 Å². The maximum absolute atomic E-state index is 5.72. The molecule has 0 saturated heterocycles. The molecule has 0 bridgehead atoms. The van der Waals surface area contributed by atoms with Gasteiger partial charge in [0.05, 0.1) is 11.9 Å². The van der Waals surface area contributed by atoms with Crippen molar-refractivity contribution in [2.45, 2.75) is 6.61 Å². The third-order valence-electron chi connectivity index (χ3n) is 3.49. The molecule has 6 heteroatoms. The summed E-state index contributed by atoms with van der Waals surface area (Å²) in [6.07, 6.45) is 4.85. The molecule has 0 N–H and O–H groups in total. The van der Waals surface area contributed by atoms with Crippen LogP contribution < -0.4 is 4.74 Å². The van der Waals surface area contributed by atoms with Crippen molar-refractivity contribution >= 4 is 0 Å². The van der Waals surface area contributed by atoms with Gasteiger partial charge in [-0.2, -0.15) is 5.10 Å². The van der Waals surface area contributed by atoms with Crippen LogP contribution in [0.15, 0.2) is 77.9 Å². The lowest BCUT2D eigenvalue weighted by atomic mass is 10.2. The fraction of sp³-hybridized carbons (Fsp3) is 0.0556. The Balaban J connectivity index is 1.41. The van der Waals surface area contributed by atoms with Crippen LogP contribution in [-0.2, 0) is 6.61 Å². The summed E-state index contributed by atoms with van der Waals surface area (Å²) in [5.41, 5.74) is 1.91. The third-order valence-corrected chi connectivity index (χ3v) is 3.49. The summed E-state index contributed by atoms with van der Waals surface area (Å²) in [6.45, 7) is 0.273. The van der Waals surface area contributed by atoms with E-state index >= 15 is 0 Å². The number of rotatable bonds is 5. The molecule has 0 aliphatic rings. The van der Waals surface area contributed by atoms with E-state index in [1.165, 1.54) is 6.33 Å². The van der Waals surface area contributed by atoms with Gasteiger partial charge in [0.15, 0.2) is 12.4 Å². The molecular formula is C18H14N4O2. The minimum atomic E-state index is 0.273. The minimum Gasteiger partial charge on any atom is -0.484 e. The van der Waals surface area contributed by atoms with Gasteiger partial charge in [0.2, 0.25) is 5.89 Å². The minimum absolute atomic E-state index is 0.273. The Labute approximate surface area is 138 Å². The molecular weight excluding hydrogens is 304 g/mol. The highest BCUT2D eigenvalue weighted by molar-refractivity contribution is 5.55. The Morgan fingerprint density at radius 1 is 1.00 bits per heavy atom. The van der Waals surface area contributed by atoms with Gasteiger partial charge in [-0.15, -0.1) is 0 Å². The number of benzene rings is 2. The maximum atomic E-state index is 5.72. The first-order chi connectivity index (χ1) is 11.9. The summed E-state index contributed by atoms with van der Waals surface area (Å²) in [4.78, 5) is 8.18. The Morgan fingerprint density at radius 2 is 1.83 bits per heavy atom. The summed E-state index contributed by atoms with van der Waals surface area (Å²) in [5.74, 6) is 2.00. The number of oxazole rings is 1. The lowest BCUT2D eigenvalue weighted by molar-refractivity contribution is 0.264. The predicted octanol–water partition coefficient (Wildman–Crippen LogP) is 3.50. The van der Waals surface area contributed by atoms with Crippen molar-refractivity contribution in [2.24, 2.45) is 0 Å². The second-order valence-electron chi connectivity index (χ2n) is 5.11. The van der Waals surface area contributed by atoms with Crippen molar-refractivity contribution in [3.8, 4) is 22.8 Å². The molecule has 0 aliphatic heterocycles. The van der Waals surface area contributed by atoms with Gasteiger partial charge in [0.1, 0.15) is 18.4 Å². The van der Waals surface area contributed by atoms with E-state index in [2.05, 4.69) is 15.1 Å². The van der Waals surface area contributed by atoms with Gasteiger partial charge >= 0.3 is 0 Å². The zero-order valence-electron chi connectivity index (χ0n) is 12.7. The molecule has 2 aromatic heterocycles. The normalized spacial score (nSPS) is 10.7. The van der Waals surface area contributed by atoms with Crippen molar-refractivity contribution < 1.29 is 9.15 Å². The van der Waals surface area contributed by atoms with Crippen LogP contribution in [0.1, 0.15) is 5.89 Å². The summed E-state index contributed by atoms with van der Waals surface area (Å²) >= 11 is 0. The number of aromatic nitrogens is 4. The molecule has 4 aromatic rings. The number of ether oxygens (including phenoxy) is 1. The molecule has 2 heterocycles. The van der Waals surface area contributed by atoms with Gasteiger partial charge in [-0.05, 0) is 24.3 Å². The summed E-state index contributed by atoms with van der Waals surface area (Å²) in [5, 5.41) is 4.08. The lowest BCUT2D eigenvalue weighted by Crippen LogP contribution is -1.97. The first-order valence-corrected chi connectivity index (χ1v) is 7.46. The Hall–Kier alpha value is -3.41. The van der Waals surface area contributed by atoms with Crippen LogP contribution in [0, 0.1) is 0 Å². The van der Waals surface area contributed by atoms with Crippen molar-refractivity contribution in [3.05, 3.63) is 79.3 Å². The molecule has 0 amide bonds. The summed E-state index contributed by atoms with van der Waals surface area (Å²) in [6, 6.07) is 17.4. The van der Waals surface area contributed by atoms with Crippen molar-refractivity contribution in [1.82, 2.24) is 19.7 Å². The van der Waals surface area contributed by atoms with Crippen LogP contribution in [0.5, 0.6) is 5.75 Å². The predicted molar refractivity (Wildman–Crippen MR) is 87.6 cm³/mol. The molecule has 0 spiro atoms. The van der Waals surface area contributed by atoms with Crippen molar-refractivity contribution in [2.75, 3.05) is 0 Å². The largest absolute Gasteiger partial charge is 0.484 e. The second kappa shape index (κ2) is 6.37. The highest BCUT2D eigenvalue weighted by Gasteiger charge is 2.07. The maximum Gasteiger partial charge on any atom is 0.232 e. The van der Waals surface area contributed by atoms with Gasteiger partial charge < -0.3 is 9.15 Å². The van der Waals surface area contributed by atoms with Gasteiger partial charge in [0, 0.05) is 5.56 Å². The lowest BCUT2D eigenvalue weighted by Gasteiger charge is -2.05. The van der Waals surface area contributed by atoms with Gasteiger partial charge in [-0.3, -0.25) is 0 Å². The topological polar surface area (TPSA) is 66.0 Å². The van der Waals surface area contributed by atoms with E-state index in [-0.39, 0.29) is 6.61 Å². The molecule has 0 radical (unpaired) electrons. The summed E-state index contributed by atoms with van der Waals surface area (Å²) < 4.78 is 13.1. The first kappa shape index (κ1) is 14.2. The van der Waals surface area contributed by atoms with Crippen molar-refractivity contribution in [1.29, 1.82) is 0 Å². The van der Waals surface area contributed by atoms with Crippen LogP contribution in [0.25, 0.3) is 17.0 Å². The Bertz CT molecular complexity index is 900. The SMILES string of the molecule is c1ccc(-c2cnc(COc3ccc(-n4cncn4)cc3)o2)cc1. The average Bonchev–Trinajstić information content (AvgIpc) is 3.33. The van der Waals surface area contributed by atoms with Crippen LogP contribution in [0.2, 0.25) is 0 Å². The van der Waals surface area contributed by atoms with E-state index in [1.807, 2.05) is 54.6 Å². The Morgan fingerprint density at radius 3 is 2.58 bits per heavy atom. The van der Waals surface area contributed by atoms with E-state index < -0.39 is 0 Å². The van der Waals surface area contributed by atoms with E-state index in [9.17, 15) is 0 Å². The molecule has 0 atom stereocenters. The molecule has 6 nitrogen and oxygen atoms in total. The van der Waals surface area contributed by atoms with Crippen LogP contribution in [0.4, 0.5) is 0 Å². The standard InChI is InChI=1S/C18H14N4O2/c1-2-4-14(5-3-1)17-10-20-18(24-17)11-23-16-8-6-15(7-9-16)22-13-19-12-21-22/h1-10,12-13H,11H2. The third kappa shape index (κ3) is 3.03. The van der Waals surface area contributed by atoms with Crippen molar-refractivity contribution in [3.63, 3.8) is 0 Å². The van der Waals surface area contributed by atoms with E-state index in [1.54, 1.807) is 17.2 Å². The molecule has 24 heavy (non-hydrogen) atoms. The monoisotopic (exact) mass is 318 g/mol.